The van der Waals surface area contributed by atoms with Gasteiger partial charge in [0.05, 0.1) is 0 Å². The Labute approximate surface area is 170 Å². The number of carbonyl (C=O) groups is 1. The summed E-state index contributed by atoms with van der Waals surface area (Å²) in [5, 5.41) is 3.23. The molecule has 6 heteroatoms. The standard InChI is InChI=1S/C23H26N2O4/c26-23(24-20-13-25-10-8-16(20)9-11-25)17-6-7-21-22(12-17)29-19(15-28-21)14-27-18-4-2-1-3-5-18/h1-7,12,16,19-20H,8-11,13-15H2,(H,24,26)/t19?,20-/m0/s1. The van der Waals surface area contributed by atoms with E-state index in [2.05, 4.69) is 10.2 Å². The number of ether oxygens (including phenoxy) is 3. The van der Waals surface area contributed by atoms with Crippen LogP contribution in [0.4, 0.5) is 0 Å². The number of nitrogens with zero attached hydrogens (tertiary/aromatic N) is 1. The fourth-order valence-electron chi connectivity index (χ4n) is 4.43. The van der Waals surface area contributed by atoms with Crippen LogP contribution in [0, 0.1) is 5.92 Å². The monoisotopic (exact) mass is 394 g/mol. The van der Waals surface area contributed by atoms with Gasteiger partial charge in [-0.05, 0) is 62.2 Å². The quantitative estimate of drug-likeness (QED) is 0.845. The molecule has 6 rings (SSSR count). The first-order valence-corrected chi connectivity index (χ1v) is 10.4. The molecule has 3 fully saturated rings. The van der Waals surface area contributed by atoms with E-state index in [9.17, 15) is 4.79 Å². The van der Waals surface area contributed by atoms with Gasteiger partial charge in [-0.25, -0.2) is 0 Å². The summed E-state index contributed by atoms with van der Waals surface area (Å²) in [5.41, 5.74) is 0.605. The second-order valence-electron chi connectivity index (χ2n) is 8.05. The lowest BCUT2D eigenvalue weighted by Crippen LogP contribution is -2.57. The zero-order chi connectivity index (χ0) is 19.6. The molecule has 2 atom stereocenters. The van der Waals surface area contributed by atoms with Crippen LogP contribution in [0.1, 0.15) is 23.2 Å². The number of fused-ring (bicyclic) bond motifs is 4. The highest BCUT2D eigenvalue weighted by molar-refractivity contribution is 5.95. The smallest absolute Gasteiger partial charge is 0.251 e. The maximum Gasteiger partial charge on any atom is 0.251 e. The van der Waals surface area contributed by atoms with Crippen molar-refractivity contribution < 1.29 is 19.0 Å². The van der Waals surface area contributed by atoms with Crippen LogP contribution in [0.3, 0.4) is 0 Å². The fourth-order valence-corrected chi connectivity index (χ4v) is 4.43. The predicted molar refractivity (Wildman–Crippen MR) is 109 cm³/mol. The van der Waals surface area contributed by atoms with Crippen molar-refractivity contribution in [2.45, 2.75) is 25.0 Å². The van der Waals surface area contributed by atoms with Gasteiger partial charge in [-0.1, -0.05) is 18.2 Å². The van der Waals surface area contributed by atoms with E-state index < -0.39 is 0 Å². The van der Waals surface area contributed by atoms with Crippen LogP contribution in [-0.2, 0) is 0 Å². The van der Waals surface area contributed by atoms with E-state index in [4.69, 9.17) is 14.2 Å². The van der Waals surface area contributed by atoms with Gasteiger partial charge in [-0.15, -0.1) is 0 Å². The minimum absolute atomic E-state index is 0.0437. The fraction of sp³-hybridized carbons (Fsp3) is 0.435. The van der Waals surface area contributed by atoms with Gasteiger partial charge < -0.3 is 24.4 Å². The number of carbonyl (C=O) groups excluding carboxylic acids is 1. The Morgan fingerprint density at radius 2 is 1.93 bits per heavy atom. The summed E-state index contributed by atoms with van der Waals surface area (Å²) in [5.74, 6) is 2.62. The van der Waals surface area contributed by atoms with Crippen LogP contribution in [0.15, 0.2) is 48.5 Å². The summed E-state index contributed by atoms with van der Waals surface area (Å²) in [7, 11) is 0. The molecule has 2 bridgehead atoms. The van der Waals surface area contributed by atoms with Crippen LogP contribution in [0.25, 0.3) is 0 Å². The summed E-state index contributed by atoms with van der Waals surface area (Å²) in [6.07, 6.45) is 2.13. The average Bonchev–Trinajstić information content (AvgIpc) is 2.78. The Morgan fingerprint density at radius 1 is 1.10 bits per heavy atom. The molecule has 152 valence electrons. The van der Waals surface area contributed by atoms with E-state index in [1.54, 1.807) is 12.1 Å². The zero-order valence-electron chi connectivity index (χ0n) is 16.4. The van der Waals surface area contributed by atoms with Crippen LogP contribution in [0.2, 0.25) is 0 Å². The minimum Gasteiger partial charge on any atom is -0.490 e. The molecule has 2 aromatic carbocycles. The molecule has 3 saturated heterocycles. The van der Waals surface area contributed by atoms with Gasteiger partial charge in [-0.3, -0.25) is 4.79 Å². The summed E-state index contributed by atoms with van der Waals surface area (Å²) < 4.78 is 17.6. The number of benzene rings is 2. The number of para-hydroxylation sites is 1. The maximum atomic E-state index is 12.8. The zero-order valence-corrected chi connectivity index (χ0v) is 16.4. The second kappa shape index (κ2) is 7.95. The Balaban J connectivity index is 1.22. The van der Waals surface area contributed by atoms with Crippen molar-refractivity contribution in [1.82, 2.24) is 10.2 Å². The van der Waals surface area contributed by atoms with E-state index in [0.29, 0.717) is 36.2 Å². The molecule has 2 aromatic rings. The third kappa shape index (κ3) is 4.03. The van der Waals surface area contributed by atoms with Gasteiger partial charge >= 0.3 is 0 Å². The van der Waals surface area contributed by atoms with Crippen molar-refractivity contribution in [2.75, 3.05) is 32.8 Å². The lowest BCUT2D eigenvalue weighted by Gasteiger charge is -2.44. The molecule has 4 aliphatic rings. The molecule has 29 heavy (non-hydrogen) atoms. The molecule has 4 aliphatic heterocycles. The van der Waals surface area contributed by atoms with E-state index in [0.717, 1.165) is 25.4 Å². The topological polar surface area (TPSA) is 60.0 Å². The molecule has 1 N–H and O–H groups in total. The van der Waals surface area contributed by atoms with Gasteiger partial charge in [-0.2, -0.15) is 0 Å². The normalized spacial score (nSPS) is 27.3. The lowest BCUT2D eigenvalue weighted by atomic mass is 9.84. The first-order chi connectivity index (χ1) is 14.2. The van der Waals surface area contributed by atoms with Crippen LogP contribution in [0.5, 0.6) is 17.2 Å². The first-order valence-electron chi connectivity index (χ1n) is 10.4. The molecule has 0 aromatic heterocycles. The third-order valence-corrected chi connectivity index (χ3v) is 6.08. The van der Waals surface area contributed by atoms with Crippen molar-refractivity contribution in [3.63, 3.8) is 0 Å². The minimum atomic E-state index is -0.220. The van der Waals surface area contributed by atoms with Gasteiger partial charge in [0.1, 0.15) is 19.0 Å². The molecule has 1 unspecified atom stereocenters. The Kier molecular flexibility index (Phi) is 5.02. The highest BCUT2D eigenvalue weighted by Crippen LogP contribution is 2.33. The Morgan fingerprint density at radius 3 is 2.69 bits per heavy atom. The van der Waals surface area contributed by atoms with E-state index >= 15 is 0 Å². The number of hydrogen-bond donors (Lipinski definition) is 1. The number of piperidine rings is 3. The average molecular weight is 394 g/mol. The van der Waals surface area contributed by atoms with Crippen molar-refractivity contribution >= 4 is 5.91 Å². The molecule has 0 spiro atoms. The summed E-state index contributed by atoms with van der Waals surface area (Å²) in [6, 6.07) is 15.3. The van der Waals surface area contributed by atoms with Gasteiger partial charge in [0.2, 0.25) is 0 Å². The first kappa shape index (κ1) is 18.3. The molecule has 0 saturated carbocycles. The number of hydrogen-bond acceptors (Lipinski definition) is 5. The molecule has 6 nitrogen and oxygen atoms in total. The predicted octanol–water partition coefficient (Wildman–Crippen LogP) is 2.73. The summed E-state index contributed by atoms with van der Waals surface area (Å²) >= 11 is 0. The maximum absolute atomic E-state index is 12.8. The molecular formula is C23H26N2O4. The van der Waals surface area contributed by atoms with Crippen LogP contribution >= 0.6 is 0 Å². The lowest BCUT2D eigenvalue weighted by molar-refractivity contribution is 0.0530. The van der Waals surface area contributed by atoms with E-state index in [-0.39, 0.29) is 18.1 Å². The molecule has 0 radical (unpaired) electrons. The summed E-state index contributed by atoms with van der Waals surface area (Å²) in [4.78, 5) is 15.3. The van der Waals surface area contributed by atoms with Gasteiger partial charge in [0, 0.05) is 18.2 Å². The molecule has 1 amide bonds. The van der Waals surface area contributed by atoms with E-state index in [1.165, 1.54) is 12.8 Å². The van der Waals surface area contributed by atoms with Crippen molar-refractivity contribution in [1.29, 1.82) is 0 Å². The van der Waals surface area contributed by atoms with Crippen LogP contribution in [-0.4, -0.2) is 55.8 Å². The van der Waals surface area contributed by atoms with E-state index in [1.807, 2.05) is 36.4 Å². The SMILES string of the molecule is O=C(N[C@H]1CN2CCC1CC2)c1ccc2c(c1)OC(COc1ccccc1)CO2. The Hall–Kier alpha value is -2.73. The van der Waals surface area contributed by atoms with Crippen LogP contribution < -0.4 is 19.5 Å². The highest BCUT2D eigenvalue weighted by Gasteiger charge is 2.35. The third-order valence-electron chi connectivity index (χ3n) is 6.08. The number of amides is 1. The highest BCUT2D eigenvalue weighted by atomic mass is 16.6. The van der Waals surface area contributed by atoms with Crippen molar-refractivity contribution in [2.24, 2.45) is 5.92 Å². The summed E-state index contributed by atoms with van der Waals surface area (Å²) in [6.45, 7) is 4.09. The Bertz CT molecular complexity index is 864. The number of rotatable bonds is 5. The largest absolute Gasteiger partial charge is 0.490 e. The molecule has 4 heterocycles. The molecular weight excluding hydrogens is 368 g/mol. The van der Waals surface area contributed by atoms with Crippen molar-refractivity contribution in [3.05, 3.63) is 54.1 Å². The molecule has 0 aliphatic carbocycles. The van der Waals surface area contributed by atoms with Gasteiger partial charge in [0.25, 0.3) is 5.91 Å². The van der Waals surface area contributed by atoms with Gasteiger partial charge in [0.15, 0.2) is 17.6 Å². The number of nitrogens with one attached hydrogen (secondary N) is 1. The second-order valence-corrected chi connectivity index (χ2v) is 8.05. The van der Waals surface area contributed by atoms with Crippen molar-refractivity contribution in [3.8, 4) is 17.2 Å².